The van der Waals surface area contributed by atoms with E-state index in [4.69, 9.17) is 14.2 Å². The van der Waals surface area contributed by atoms with Crippen LogP contribution in [0.25, 0.3) is 0 Å². The van der Waals surface area contributed by atoms with E-state index in [1.54, 1.807) is 25.7 Å². The highest BCUT2D eigenvalue weighted by atomic mass is 16.6. The number of hydrogen-bond donors (Lipinski definition) is 0. The molecule has 8 heteroatoms. The first-order valence-electron chi connectivity index (χ1n) is 12.0. The predicted molar refractivity (Wildman–Crippen MR) is 131 cm³/mol. The van der Waals surface area contributed by atoms with E-state index in [-0.39, 0.29) is 24.6 Å². The number of carbonyl (C=O) groups excluding carboxylic acids is 3. The summed E-state index contributed by atoms with van der Waals surface area (Å²) in [6.45, 7) is 7.55. The van der Waals surface area contributed by atoms with Gasteiger partial charge in [0, 0.05) is 31.1 Å². The van der Waals surface area contributed by atoms with E-state index in [9.17, 15) is 14.4 Å². The van der Waals surface area contributed by atoms with Crippen molar-refractivity contribution in [2.24, 2.45) is 5.92 Å². The van der Waals surface area contributed by atoms with Crippen LogP contribution in [0.15, 0.2) is 24.3 Å². The van der Waals surface area contributed by atoms with Crippen molar-refractivity contribution >= 4 is 18.2 Å². The number of carbonyl (C=O) groups is 3. The molecule has 1 heterocycles. The average Bonchev–Trinajstić information content (AvgIpc) is 3.22. The Morgan fingerprint density at radius 2 is 1.97 bits per heavy atom. The van der Waals surface area contributed by atoms with Crippen molar-refractivity contribution in [2.45, 2.75) is 70.6 Å². The largest absolute Gasteiger partial charge is 0.453 e. The Labute approximate surface area is 207 Å². The monoisotopic (exact) mass is 484 g/mol. The maximum atomic E-state index is 13.1. The summed E-state index contributed by atoms with van der Waals surface area (Å²) in [6.07, 6.45) is 1.76. The Morgan fingerprint density at radius 3 is 2.63 bits per heavy atom. The third kappa shape index (κ3) is 6.47. The molecule has 2 amide bonds. The molecule has 8 nitrogen and oxygen atoms in total. The van der Waals surface area contributed by atoms with Gasteiger partial charge in [-0.25, -0.2) is 9.59 Å². The van der Waals surface area contributed by atoms with Crippen molar-refractivity contribution in [1.82, 2.24) is 9.80 Å². The second kappa shape index (κ2) is 10.6. The highest BCUT2D eigenvalue weighted by molar-refractivity contribution is 5.78. The van der Waals surface area contributed by atoms with E-state index in [2.05, 4.69) is 11.8 Å². The summed E-state index contributed by atoms with van der Waals surface area (Å²) >= 11 is 0. The van der Waals surface area contributed by atoms with Crippen molar-refractivity contribution in [3.05, 3.63) is 35.4 Å². The average molecular weight is 485 g/mol. The zero-order valence-electron chi connectivity index (χ0n) is 21.6. The third-order valence-electron chi connectivity index (χ3n) is 6.41. The first-order valence-corrected chi connectivity index (χ1v) is 12.0. The lowest BCUT2D eigenvalue weighted by Crippen LogP contribution is -2.52. The summed E-state index contributed by atoms with van der Waals surface area (Å²) in [5, 5.41) is 0. The molecular formula is C27H36N2O6. The van der Waals surface area contributed by atoms with Crippen LogP contribution in [-0.4, -0.2) is 72.4 Å². The second-order valence-corrected chi connectivity index (χ2v) is 10.3. The second-order valence-electron chi connectivity index (χ2n) is 10.3. The van der Waals surface area contributed by atoms with Gasteiger partial charge >= 0.3 is 18.2 Å². The van der Waals surface area contributed by atoms with Gasteiger partial charge in [-0.15, -0.1) is 0 Å². The molecule has 0 radical (unpaired) electrons. The van der Waals surface area contributed by atoms with Gasteiger partial charge in [0.2, 0.25) is 0 Å². The number of likely N-dealkylation sites (tertiary alicyclic amines) is 1. The number of nitrogens with zero attached hydrogens (tertiary/aromatic N) is 2. The van der Waals surface area contributed by atoms with Crippen LogP contribution in [0.1, 0.15) is 57.6 Å². The fourth-order valence-electron chi connectivity index (χ4n) is 4.90. The van der Waals surface area contributed by atoms with Gasteiger partial charge in [0.25, 0.3) is 0 Å². The van der Waals surface area contributed by atoms with Crippen LogP contribution < -0.4 is 0 Å². The van der Waals surface area contributed by atoms with Crippen molar-refractivity contribution in [2.75, 3.05) is 27.2 Å². The summed E-state index contributed by atoms with van der Waals surface area (Å²) in [5.41, 5.74) is 0.173. The molecule has 0 aromatic heterocycles. The fourth-order valence-corrected chi connectivity index (χ4v) is 4.90. The number of benzene rings is 1. The van der Waals surface area contributed by atoms with Crippen LogP contribution >= 0.6 is 0 Å². The predicted octanol–water partition coefficient (Wildman–Crippen LogP) is 4.14. The molecule has 1 aliphatic heterocycles. The summed E-state index contributed by atoms with van der Waals surface area (Å²) < 4.78 is 16.4. The fraction of sp³-hybridized carbons (Fsp3) is 0.593. The molecule has 0 N–H and O–H groups in total. The molecule has 0 spiro atoms. The molecular weight excluding hydrogens is 448 g/mol. The molecule has 3 rings (SSSR count). The smallest absolute Gasteiger partial charge is 0.410 e. The van der Waals surface area contributed by atoms with Crippen LogP contribution in [0, 0.1) is 24.7 Å². The van der Waals surface area contributed by atoms with Crippen LogP contribution in [0.2, 0.25) is 0 Å². The van der Waals surface area contributed by atoms with E-state index < -0.39 is 23.3 Å². The van der Waals surface area contributed by atoms with E-state index in [1.165, 1.54) is 19.1 Å². The quantitative estimate of drug-likeness (QED) is 0.364. The van der Waals surface area contributed by atoms with Gasteiger partial charge in [0.05, 0.1) is 7.11 Å². The van der Waals surface area contributed by atoms with Crippen LogP contribution in [0.3, 0.4) is 0 Å². The lowest BCUT2D eigenvalue weighted by atomic mass is 9.72. The summed E-state index contributed by atoms with van der Waals surface area (Å²) in [5.74, 6) is 5.79. The van der Waals surface area contributed by atoms with Gasteiger partial charge in [-0.05, 0) is 77.0 Å². The van der Waals surface area contributed by atoms with Gasteiger partial charge in [0.1, 0.15) is 12.1 Å². The van der Waals surface area contributed by atoms with Crippen LogP contribution in [0.4, 0.5) is 9.59 Å². The van der Waals surface area contributed by atoms with Gasteiger partial charge < -0.3 is 24.0 Å². The Bertz CT molecular complexity index is 1020. The van der Waals surface area contributed by atoms with Crippen molar-refractivity contribution < 1.29 is 28.6 Å². The first-order chi connectivity index (χ1) is 16.4. The minimum absolute atomic E-state index is 0.126. The number of ether oxygens (including phenoxy) is 3. The number of hydrogen-bond acceptors (Lipinski definition) is 6. The minimum atomic E-state index is -1.07. The molecule has 2 aliphatic rings. The Balaban J connectivity index is 1.87. The van der Waals surface area contributed by atoms with Gasteiger partial charge in [-0.2, -0.15) is 0 Å². The molecule has 35 heavy (non-hydrogen) atoms. The Morgan fingerprint density at radius 1 is 1.23 bits per heavy atom. The standard InChI is InChI=1S/C27H36N2O6/c1-19-9-7-10-20(17-19)12-15-27(34-23(30)18-28(5)24(31)35-26(2,3)4)14-8-11-22-21(27)13-16-29(22)25(32)33-6/h7,9-10,17,21-22H,8,11,13-14,16,18H2,1-6H3/t21-,22-,27-/m1/s1. The lowest BCUT2D eigenvalue weighted by molar-refractivity contribution is -0.163. The summed E-state index contributed by atoms with van der Waals surface area (Å²) in [4.78, 5) is 40.7. The number of esters is 1. The molecule has 0 unspecified atom stereocenters. The molecule has 2 fully saturated rings. The van der Waals surface area contributed by atoms with E-state index in [0.29, 0.717) is 19.4 Å². The number of aryl methyl sites for hydroxylation is 1. The van der Waals surface area contributed by atoms with Gasteiger partial charge in [0.15, 0.2) is 5.60 Å². The zero-order chi connectivity index (χ0) is 25.8. The number of rotatable bonds is 3. The van der Waals surface area contributed by atoms with Gasteiger partial charge in [-0.3, -0.25) is 4.79 Å². The Hall–Kier alpha value is -3.21. The SMILES string of the molecule is COC(=O)N1CC[C@@H]2[C@H]1CCC[C@]2(C#Cc1cccc(C)c1)OC(=O)CN(C)C(=O)OC(C)(C)C. The van der Waals surface area contributed by atoms with Crippen molar-refractivity contribution in [3.8, 4) is 11.8 Å². The topological polar surface area (TPSA) is 85.4 Å². The molecule has 1 aliphatic carbocycles. The third-order valence-corrected chi connectivity index (χ3v) is 6.41. The number of fused-ring (bicyclic) bond motifs is 1. The van der Waals surface area contributed by atoms with Gasteiger partial charge in [-0.1, -0.05) is 18.1 Å². The lowest BCUT2D eigenvalue weighted by Gasteiger charge is -2.42. The zero-order valence-corrected chi connectivity index (χ0v) is 21.6. The molecule has 1 aromatic carbocycles. The molecule has 1 saturated carbocycles. The highest BCUT2D eigenvalue weighted by Gasteiger charge is 2.53. The molecule has 0 bridgehead atoms. The Kier molecular flexibility index (Phi) is 7.99. The molecule has 1 aromatic rings. The van der Waals surface area contributed by atoms with E-state index in [1.807, 2.05) is 31.2 Å². The molecule has 1 saturated heterocycles. The van der Waals surface area contributed by atoms with Crippen molar-refractivity contribution in [1.29, 1.82) is 0 Å². The van der Waals surface area contributed by atoms with E-state index >= 15 is 0 Å². The number of amides is 2. The minimum Gasteiger partial charge on any atom is -0.453 e. The van der Waals surface area contributed by atoms with Crippen LogP contribution in [0.5, 0.6) is 0 Å². The van der Waals surface area contributed by atoms with Crippen molar-refractivity contribution in [3.63, 3.8) is 0 Å². The normalized spacial score (nSPS) is 23.4. The highest BCUT2D eigenvalue weighted by Crippen LogP contribution is 2.45. The number of likely N-dealkylation sites (N-methyl/N-ethyl adjacent to an activating group) is 1. The van der Waals surface area contributed by atoms with Crippen LogP contribution in [-0.2, 0) is 19.0 Å². The first kappa shape index (κ1) is 26.4. The summed E-state index contributed by atoms with van der Waals surface area (Å²) in [6, 6.07) is 7.71. The summed E-state index contributed by atoms with van der Waals surface area (Å²) in [7, 11) is 2.87. The number of methoxy groups -OCH3 is 1. The molecule has 3 atom stereocenters. The maximum Gasteiger partial charge on any atom is 0.410 e. The maximum absolute atomic E-state index is 13.1. The van der Waals surface area contributed by atoms with E-state index in [0.717, 1.165) is 24.0 Å². The molecule has 190 valence electrons.